The fourth-order valence-electron chi connectivity index (χ4n) is 2.77. The van der Waals surface area contributed by atoms with Crippen LogP contribution >= 0.6 is 0 Å². The van der Waals surface area contributed by atoms with Crippen molar-refractivity contribution in [3.8, 4) is 0 Å². The number of hydrogen-bond donors (Lipinski definition) is 0. The minimum absolute atomic E-state index is 0.169. The molecule has 98 valence electrons. The first-order chi connectivity index (χ1) is 8.62. The average molecular weight is 249 g/mol. The van der Waals surface area contributed by atoms with E-state index in [1.165, 1.54) is 7.11 Å². The number of carbonyl (C=O) groups is 1. The second kappa shape index (κ2) is 5.06. The van der Waals surface area contributed by atoms with E-state index in [1.807, 2.05) is 32.2 Å². The predicted octanol–water partition coefficient (Wildman–Crippen LogP) is 1.79. The maximum Gasteiger partial charge on any atom is 0.310 e. The Hall–Kier alpha value is -1.42. The van der Waals surface area contributed by atoms with Crippen LogP contribution in [0.4, 0.5) is 0 Å². The van der Waals surface area contributed by atoms with E-state index in [1.54, 1.807) is 6.20 Å². The number of ether oxygens (including phenoxy) is 2. The van der Waals surface area contributed by atoms with Gasteiger partial charge in [-0.25, -0.2) is 0 Å². The molecule has 1 aliphatic rings. The summed E-state index contributed by atoms with van der Waals surface area (Å²) >= 11 is 0. The molecule has 0 spiro atoms. The van der Waals surface area contributed by atoms with Gasteiger partial charge in [0.25, 0.3) is 0 Å². The van der Waals surface area contributed by atoms with Gasteiger partial charge >= 0.3 is 5.97 Å². The Bertz CT molecular complexity index is 412. The lowest BCUT2D eigenvalue weighted by atomic mass is 9.65. The molecule has 1 aromatic rings. The number of carbonyl (C=O) groups excluding carboxylic acids is 1. The Balaban J connectivity index is 2.39. The molecule has 0 aromatic carbocycles. The maximum absolute atomic E-state index is 12.1. The quantitative estimate of drug-likeness (QED) is 0.763. The van der Waals surface area contributed by atoms with Crippen LogP contribution in [-0.4, -0.2) is 31.3 Å². The summed E-state index contributed by atoms with van der Waals surface area (Å²) in [6.07, 6.45) is 3.56. The van der Waals surface area contributed by atoms with Crippen molar-refractivity contribution < 1.29 is 14.3 Å². The first kappa shape index (κ1) is 13.0. The molecule has 2 heterocycles. The number of esters is 1. The monoisotopic (exact) mass is 249 g/mol. The Morgan fingerprint density at radius 3 is 2.61 bits per heavy atom. The van der Waals surface area contributed by atoms with Crippen molar-refractivity contribution in [2.75, 3.05) is 20.3 Å². The van der Waals surface area contributed by atoms with Crippen LogP contribution in [0.1, 0.15) is 19.4 Å². The molecule has 1 atom stereocenters. The first-order valence-corrected chi connectivity index (χ1v) is 6.18. The summed E-state index contributed by atoms with van der Waals surface area (Å²) in [7, 11) is 1.44. The molecule has 1 aliphatic heterocycles. The zero-order valence-electron chi connectivity index (χ0n) is 11.1. The van der Waals surface area contributed by atoms with E-state index in [4.69, 9.17) is 9.47 Å². The van der Waals surface area contributed by atoms with E-state index in [2.05, 4.69) is 4.98 Å². The maximum atomic E-state index is 12.1. The second-order valence-electron chi connectivity index (χ2n) is 5.14. The molecule has 2 rings (SSSR count). The number of rotatable bonds is 4. The summed E-state index contributed by atoms with van der Waals surface area (Å²) in [6, 6.07) is 3.90. The minimum Gasteiger partial charge on any atom is -0.469 e. The highest BCUT2D eigenvalue weighted by molar-refractivity contribution is 5.75. The van der Waals surface area contributed by atoms with Crippen molar-refractivity contribution >= 4 is 5.97 Å². The molecule has 1 fully saturated rings. The van der Waals surface area contributed by atoms with Gasteiger partial charge in [0, 0.05) is 12.4 Å². The first-order valence-electron chi connectivity index (χ1n) is 6.18. The van der Waals surface area contributed by atoms with Crippen LogP contribution in [0.3, 0.4) is 0 Å². The molecule has 1 unspecified atom stereocenters. The molecule has 4 heteroatoms. The van der Waals surface area contributed by atoms with Crippen LogP contribution in [0.15, 0.2) is 24.5 Å². The highest BCUT2D eigenvalue weighted by Crippen LogP contribution is 2.43. The fourth-order valence-corrected chi connectivity index (χ4v) is 2.77. The Morgan fingerprint density at radius 2 is 2.22 bits per heavy atom. The summed E-state index contributed by atoms with van der Waals surface area (Å²) < 4.78 is 10.3. The van der Waals surface area contributed by atoms with Gasteiger partial charge in [-0.1, -0.05) is 19.9 Å². The lowest BCUT2D eigenvalue weighted by Gasteiger charge is -2.47. The molecule has 0 aliphatic carbocycles. The second-order valence-corrected chi connectivity index (χ2v) is 5.14. The standard InChI is InChI=1S/C14H19NO3/c1-10(2)12(13(16)17-3)14(8-18-9-14)11-5-4-6-15-7-11/h4-7,10,12H,8-9H2,1-3H3. The van der Waals surface area contributed by atoms with Gasteiger partial charge in [0.1, 0.15) is 0 Å². The summed E-state index contributed by atoms with van der Waals surface area (Å²) in [4.78, 5) is 16.2. The number of nitrogens with zero attached hydrogens (tertiary/aromatic N) is 1. The van der Waals surface area contributed by atoms with Crippen molar-refractivity contribution in [3.05, 3.63) is 30.1 Å². The zero-order valence-corrected chi connectivity index (χ0v) is 11.1. The fraction of sp³-hybridized carbons (Fsp3) is 0.571. The van der Waals surface area contributed by atoms with Crippen molar-refractivity contribution in [2.24, 2.45) is 11.8 Å². The van der Waals surface area contributed by atoms with Crippen LogP contribution in [0, 0.1) is 11.8 Å². The number of aromatic nitrogens is 1. The third-order valence-electron chi connectivity index (χ3n) is 3.67. The van der Waals surface area contributed by atoms with Gasteiger partial charge in [0.05, 0.1) is 31.7 Å². The van der Waals surface area contributed by atoms with Crippen molar-refractivity contribution in [2.45, 2.75) is 19.3 Å². The third-order valence-corrected chi connectivity index (χ3v) is 3.67. The molecule has 0 saturated carbocycles. The molecular formula is C14H19NO3. The smallest absolute Gasteiger partial charge is 0.310 e. The van der Waals surface area contributed by atoms with Crippen LogP contribution in [0.2, 0.25) is 0 Å². The predicted molar refractivity (Wildman–Crippen MR) is 67.1 cm³/mol. The molecule has 0 N–H and O–H groups in total. The van der Waals surface area contributed by atoms with E-state index in [0.717, 1.165) is 5.56 Å². The normalized spacial score (nSPS) is 19.1. The highest BCUT2D eigenvalue weighted by atomic mass is 16.5. The van der Waals surface area contributed by atoms with E-state index < -0.39 is 0 Å². The Morgan fingerprint density at radius 1 is 1.50 bits per heavy atom. The highest BCUT2D eigenvalue weighted by Gasteiger charge is 2.52. The van der Waals surface area contributed by atoms with Crippen LogP contribution in [-0.2, 0) is 19.7 Å². The van der Waals surface area contributed by atoms with Crippen molar-refractivity contribution in [1.82, 2.24) is 4.98 Å². The van der Waals surface area contributed by atoms with Crippen LogP contribution in [0.5, 0.6) is 0 Å². The van der Waals surface area contributed by atoms with Gasteiger partial charge in [-0.15, -0.1) is 0 Å². The van der Waals surface area contributed by atoms with Crippen LogP contribution in [0.25, 0.3) is 0 Å². The van der Waals surface area contributed by atoms with Crippen molar-refractivity contribution in [3.63, 3.8) is 0 Å². The molecule has 1 aromatic heterocycles. The zero-order chi connectivity index (χ0) is 13.2. The van der Waals surface area contributed by atoms with Gasteiger partial charge in [-0.3, -0.25) is 9.78 Å². The molecule has 1 saturated heterocycles. The van der Waals surface area contributed by atoms with Gasteiger partial charge in [-0.2, -0.15) is 0 Å². The number of pyridine rings is 1. The SMILES string of the molecule is COC(=O)C(C(C)C)C1(c2cccnc2)COC1. The molecule has 18 heavy (non-hydrogen) atoms. The molecule has 0 amide bonds. The molecular weight excluding hydrogens is 230 g/mol. The lowest BCUT2D eigenvalue weighted by molar-refractivity contribution is -0.164. The molecule has 4 nitrogen and oxygen atoms in total. The van der Waals surface area contributed by atoms with Crippen LogP contribution < -0.4 is 0 Å². The molecule has 0 radical (unpaired) electrons. The molecule has 0 bridgehead atoms. The van der Waals surface area contributed by atoms with E-state index in [9.17, 15) is 4.79 Å². The number of hydrogen-bond acceptors (Lipinski definition) is 4. The average Bonchev–Trinajstić information content (AvgIpc) is 2.33. The minimum atomic E-state index is -0.282. The third kappa shape index (κ3) is 2.01. The van der Waals surface area contributed by atoms with Gasteiger partial charge in [0.15, 0.2) is 0 Å². The summed E-state index contributed by atoms with van der Waals surface area (Å²) in [5.41, 5.74) is 0.774. The van der Waals surface area contributed by atoms with E-state index >= 15 is 0 Å². The van der Waals surface area contributed by atoms with Gasteiger partial charge < -0.3 is 9.47 Å². The topological polar surface area (TPSA) is 48.4 Å². The Labute approximate surface area is 107 Å². The number of methoxy groups -OCH3 is 1. The summed E-state index contributed by atoms with van der Waals surface area (Å²) in [5.74, 6) is -0.167. The van der Waals surface area contributed by atoms with Gasteiger partial charge in [-0.05, 0) is 17.5 Å². The van der Waals surface area contributed by atoms with Gasteiger partial charge in [0.2, 0.25) is 0 Å². The van der Waals surface area contributed by atoms with E-state index in [0.29, 0.717) is 13.2 Å². The Kier molecular flexibility index (Phi) is 3.66. The lowest BCUT2D eigenvalue weighted by Crippen LogP contribution is -2.56. The summed E-state index contributed by atoms with van der Waals surface area (Å²) in [5, 5.41) is 0. The van der Waals surface area contributed by atoms with E-state index in [-0.39, 0.29) is 23.2 Å². The van der Waals surface area contributed by atoms with Crippen molar-refractivity contribution in [1.29, 1.82) is 0 Å². The largest absolute Gasteiger partial charge is 0.469 e. The summed E-state index contributed by atoms with van der Waals surface area (Å²) in [6.45, 7) is 5.18.